The van der Waals surface area contributed by atoms with Crippen molar-refractivity contribution in [2.45, 2.75) is 25.8 Å². The van der Waals surface area contributed by atoms with Gasteiger partial charge in [-0.15, -0.1) is 0 Å². The molecule has 0 saturated heterocycles. The standard InChI is InChI=1S/C16H16BrF2NO/c1-2-12(20)7-10-3-6-15(14(19)8-10)21-16-9-11(17)4-5-13(16)18/h3-6,8-9,12H,2,7,20H2,1H3. The largest absolute Gasteiger partial charge is 0.451 e. The molecule has 0 radical (unpaired) electrons. The van der Waals surface area contributed by atoms with Crippen molar-refractivity contribution in [3.63, 3.8) is 0 Å². The average molecular weight is 356 g/mol. The SMILES string of the molecule is CCC(N)Cc1ccc(Oc2cc(Br)ccc2F)c(F)c1. The highest BCUT2D eigenvalue weighted by atomic mass is 79.9. The van der Waals surface area contributed by atoms with Crippen LogP contribution >= 0.6 is 15.9 Å². The summed E-state index contributed by atoms with van der Waals surface area (Å²) in [5.74, 6) is -1.12. The molecule has 1 unspecified atom stereocenters. The maximum absolute atomic E-state index is 14.0. The number of halogens is 3. The summed E-state index contributed by atoms with van der Waals surface area (Å²) in [4.78, 5) is 0. The lowest BCUT2D eigenvalue weighted by molar-refractivity contribution is 0.414. The van der Waals surface area contributed by atoms with Gasteiger partial charge < -0.3 is 10.5 Å². The molecule has 0 aliphatic carbocycles. The lowest BCUT2D eigenvalue weighted by Crippen LogP contribution is -2.21. The molecule has 2 rings (SSSR count). The molecule has 0 spiro atoms. The Labute approximate surface area is 131 Å². The van der Waals surface area contributed by atoms with Crippen LogP contribution in [0, 0.1) is 11.6 Å². The predicted octanol–water partition coefficient (Wildman–Crippen LogP) is 4.80. The van der Waals surface area contributed by atoms with Crippen LogP contribution in [0.15, 0.2) is 40.9 Å². The molecule has 2 N–H and O–H groups in total. The summed E-state index contributed by atoms with van der Waals surface area (Å²) in [6, 6.07) is 8.87. The summed E-state index contributed by atoms with van der Waals surface area (Å²) in [6.07, 6.45) is 1.42. The van der Waals surface area contributed by atoms with Gasteiger partial charge >= 0.3 is 0 Å². The van der Waals surface area contributed by atoms with E-state index in [1.165, 1.54) is 24.3 Å². The minimum atomic E-state index is -0.547. The van der Waals surface area contributed by atoms with Crippen LogP contribution in [0.3, 0.4) is 0 Å². The Balaban J connectivity index is 2.19. The molecule has 0 heterocycles. The molecule has 1 atom stereocenters. The van der Waals surface area contributed by atoms with Crippen molar-refractivity contribution in [1.82, 2.24) is 0 Å². The molecule has 0 fully saturated rings. The fourth-order valence-electron chi connectivity index (χ4n) is 1.88. The van der Waals surface area contributed by atoms with E-state index in [-0.39, 0.29) is 17.5 Å². The van der Waals surface area contributed by atoms with E-state index in [1.807, 2.05) is 6.92 Å². The molecule has 0 aliphatic rings. The third kappa shape index (κ3) is 4.25. The van der Waals surface area contributed by atoms with Gasteiger partial charge in [-0.2, -0.15) is 0 Å². The predicted molar refractivity (Wildman–Crippen MR) is 82.5 cm³/mol. The summed E-state index contributed by atoms with van der Waals surface area (Å²) < 4.78 is 33.6. The van der Waals surface area contributed by atoms with Gasteiger partial charge in [-0.3, -0.25) is 0 Å². The average Bonchev–Trinajstić information content (AvgIpc) is 2.45. The fourth-order valence-corrected chi connectivity index (χ4v) is 2.22. The lowest BCUT2D eigenvalue weighted by atomic mass is 10.0. The van der Waals surface area contributed by atoms with Crippen molar-refractivity contribution in [2.24, 2.45) is 5.73 Å². The highest BCUT2D eigenvalue weighted by Gasteiger charge is 2.11. The first-order chi connectivity index (χ1) is 9.99. The van der Waals surface area contributed by atoms with Crippen molar-refractivity contribution >= 4 is 15.9 Å². The van der Waals surface area contributed by atoms with E-state index in [4.69, 9.17) is 10.5 Å². The van der Waals surface area contributed by atoms with Crippen molar-refractivity contribution in [3.05, 3.63) is 58.1 Å². The number of hydrogen-bond acceptors (Lipinski definition) is 2. The third-order valence-electron chi connectivity index (χ3n) is 3.13. The van der Waals surface area contributed by atoms with Crippen LogP contribution in [-0.2, 0) is 6.42 Å². The first-order valence-corrected chi connectivity index (χ1v) is 7.45. The summed E-state index contributed by atoms with van der Waals surface area (Å²) in [7, 11) is 0. The van der Waals surface area contributed by atoms with Gasteiger partial charge in [0.15, 0.2) is 23.1 Å². The van der Waals surface area contributed by atoms with E-state index in [1.54, 1.807) is 12.1 Å². The Kier molecular flexibility index (Phi) is 5.31. The molecular formula is C16H16BrF2NO. The van der Waals surface area contributed by atoms with Crippen LogP contribution in [0.4, 0.5) is 8.78 Å². The van der Waals surface area contributed by atoms with Crippen LogP contribution < -0.4 is 10.5 Å². The summed E-state index contributed by atoms with van der Waals surface area (Å²) >= 11 is 3.22. The monoisotopic (exact) mass is 355 g/mol. The fraction of sp³-hybridized carbons (Fsp3) is 0.250. The minimum absolute atomic E-state index is 0.00121. The third-order valence-corrected chi connectivity index (χ3v) is 3.62. The number of hydrogen-bond donors (Lipinski definition) is 1. The van der Waals surface area contributed by atoms with E-state index in [9.17, 15) is 8.78 Å². The molecule has 0 saturated carbocycles. The first-order valence-electron chi connectivity index (χ1n) is 6.66. The van der Waals surface area contributed by atoms with Crippen LogP contribution in [0.25, 0.3) is 0 Å². The normalized spacial score (nSPS) is 12.2. The quantitative estimate of drug-likeness (QED) is 0.835. The summed E-state index contributed by atoms with van der Waals surface area (Å²) in [5.41, 5.74) is 6.64. The van der Waals surface area contributed by atoms with Gasteiger partial charge in [-0.1, -0.05) is 28.9 Å². The Morgan fingerprint density at radius 3 is 2.52 bits per heavy atom. The highest BCUT2D eigenvalue weighted by Crippen LogP contribution is 2.29. The van der Waals surface area contributed by atoms with Crippen molar-refractivity contribution in [3.8, 4) is 11.5 Å². The molecule has 0 aliphatic heterocycles. The molecular weight excluding hydrogens is 340 g/mol. The van der Waals surface area contributed by atoms with Gasteiger partial charge in [0.25, 0.3) is 0 Å². The lowest BCUT2D eigenvalue weighted by Gasteiger charge is -2.11. The summed E-state index contributed by atoms with van der Waals surface area (Å²) in [6.45, 7) is 1.98. The zero-order valence-corrected chi connectivity index (χ0v) is 13.2. The highest BCUT2D eigenvalue weighted by molar-refractivity contribution is 9.10. The molecule has 21 heavy (non-hydrogen) atoms. The summed E-state index contributed by atoms with van der Waals surface area (Å²) in [5, 5.41) is 0. The molecule has 0 amide bonds. The maximum atomic E-state index is 14.0. The van der Waals surface area contributed by atoms with Crippen molar-refractivity contribution in [1.29, 1.82) is 0 Å². The van der Waals surface area contributed by atoms with E-state index in [0.29, 0.717) is 10.9 Å². The van der Waals surface area contributed by atoms with Gasteiger partial charge in [-0.25, -0.2) is 8.78 Å². The van der Waals surface area contributed by atoms with Crippen LogP contribution in [-0.4, -0.2) is 6.04 Å². The number of benzene rings is 2. The molecule has 2 nitrogen and oxygen atoms in total. The first kappa shape index (κ1) is 15.9. The Morgan fingerprint density at radius 2 is 1.86 bits per heavy atom. The Bertz CT molecular complexity index is 634. The van der Waals surface area contributed by atoms with E-state index in [2.05, 4.69) is 15.9 Å². The van der Waals surface area contributed by atoms with Gasteiger partial charge in [0, 0.05) is 10.5 Å². The smallest absolute Gasteiger partial charge is 0.165 e. The second-order valence-electron chi connectivity index (χ2n) is 4.81. The zero-order chi connectivity index (χ0) is 15.4. The second-order valence-corrected chi connectivity index (χ2v) is 5.73. The molecule has 0 bridgehead atoms. The van der Waals surface area contributed by atoms with Gasteiger partial charge in [0.2, 0.25) is 0 Å². The van der Waals surface area contributed by atoms with Crippen molar-refractivity contribution in [2.75, 3.05) is 0 Å². The molecule has 5 heteroatoms. The van der Waals surface area contributed by atoms with Crippen LogP contribution in [0.2, 0.25) is 0 Å². The van der Waals surface area contributed by atoms with E-state index < -0.39 is 11.6 Å². The molecule has 2 aromatic carbocycles. The molecule has 0 aromatic heterocycles. The van der Waals surface area contributed by atoms with Crippen LogP contribution in [0.1, 0.15) is 18.9 Å². The van der Waals surface area contributed by atoms with Gasteiger partial charge in [-0.05, 0) is 48.7 Å². The minimum Gasteiger partial charge on any atom is -0.451 e. The maximum Gasteiger partial charge on any atom is 0.165 e. The Hall–Kier alpha value is -1.46. The van der Waals surface area contributed by atoms with E-state index in [0.717, 1.165) is 12.0 Å². The molecule has 2 aromatic rings. The number of rotatable bonds is 5. The Morgan fingerprint density at radius 1 is 1.10 bits per heavy atom. The topological polar surface area (TPSA) is 35.2 Å². The van der Waals surface area contributed by atoms with Crippen LogP contribution in [0.5, 0.6) is 11.5 Å². The molecule has 112 valence electrons. The van der Waals surface area contributed by atoms with Crippen molar-refractivity contribution < 1.29 is 13.5 Å². The van der Waals surface area contributed by atoms with Gasteiger partial charge in [0.1, 0.15) is 0 Å². The zero-order valence-electron chi connectivity index (χ0n) is 11.6. The van der Waals surface area contributed by atoms with Gasteiger partial charge in [0.05, 0.1) is 0 Å². The second kappa shape index (κ2) is 7.00. The number of ether oxygens (including phenoxy) is 1. The number of nitrogens with two attached hydrogens (primary N) is 1. The van der Waals surface area contributed by atoms with E-state index >= 15 is 0 Å².